The molecule has 0 spiro atoms. The van der Waals surface area contributed by atoms with Gasteiger partial charge in [0.1, 0.15) is 0 Å². The first-order chi connectivity index (χ1) is 13.4. The topological polar surface area (TPSA) is 53.8 Å². The van der Waals surface area contributed by atoms with E-state index in [1.807, 2.05) is 36.7 Å². The number of likely N-dealkylation sites (N-methyl/N-ethyl adjacent to an activating group) is 1. The molecule has 158 valence electrons. The lowest BCUT2D eigenvalue weighted by Gasteiger charge is -2.42. The maximum absolute atomic E-state index is 12.8. The summed E-state index contributed by atoms with van der Waals surface area (Å²) in [5, 5.41) is 4.40. The van der Waals surface area contributed by atoms with Gasteiger partial charge in [0.05, 0.1) is 24.9 Å². The van der Waals surface area contributed by atoms with Crippen molar-refractivity contribution >= 4 is 5.91 Å². The van der Waals surface area contributed by atoms with Crippen molar-refractivity contribution in [2.75, 3.05) is 46.3 Å². The second-order valence-corrected chi connectivity index (χ2v) is 8.68. The zero-order valence-corrected chi connectivity index (χ0v) is 18.2. The van der Waals surface area contributed by atoms with Gasteiger partial charge in [0.2, 0.25) is 5.91 Å². The van der Waals surface area contributed by atoms with Crippen molar-refractivity contribution in [3.63, 3.8) is 0 Å². The van der Waals surface area contributed by atoms with Gasteiger partial charge in [0.25, 0.3) is 0 Å². The molecule has 4 atom stereocenters. The largest absolute Gasteiger partial charge is 0.372 e. The number of likely N-dealkylation sites (tertiary alicyclic amines) is 1. The molecule has 1 aromatic heterocycles. The number of amides is 1. The van der Waals surface area contributed by atoms with Crippen molar-refractivity contribution in [1.29, 1.82) is 0 Å². The van der Waals surface area contributed by atoms with E-state index < -0.39 is 0 Å². The van der Waals surface area contributed by atoms with Crippen LogP contribution in [-0.4, -0.2) is 88.9 Å². The number of nitrogens with zero attached hydrogens (tertiary/aromatic N) is 5. The molecule has 7 heteroatoms. The number of hydrogen-bond acceptors (Lipinski definition) is 5. The minimum absolute atomic E-state index is 0.115. The molecule has 2 aliphatic heterocycles. The van der Waals surface area contributed by atoms with Crippen molar-refractivity contribution < 1.29 is 9.53 Å². The summed E-state index contributed by atoms with van der Waals surface area (Å²) in [7, 11) is 4.06. The summed E-state index contributed by atoms with van der Waals surface area (Å²) in [5.41, 5.74) is 1.30. The SMILES string of the molecule is CCN1CCC[C@@H](CN(C)CC(=O)N2C[C@H](C)O[C@@H](C)C2)[C@@H]1c1cnn(C)c1. The lowest BCUT2D eigenvalue weighted by molar-refractivity contribution is -0.144. The Morgan fingerprint density at radius 3 is 2.64 bits per heavy atom. The van der Waals surface area contributed by atoms with Gasteiger partial charge in [-0.3, -0.25) is 19.3 Å². The van der Waals surface area contributed by atoms with E-state index in [9.17, 15) is 4.79 Å². The number of rotatable bonds is 6. The van der Waals surface area contributed by atoms with Crippen molar-refractivity contribution in [2.24, 2.45) is 13.0 Å². The number of aryl methyl sites for hydroxylation is 1. The first-order valence-electron chi connectivity index (χ1n) is 10.7. The molecule has 0 aliphatic carbocycles. The first kappa shape index (κ1) is 21.3. The summed E-state index contributed by atoms with van der Waals surface area (Å²) >= 11 is 0. The number of carbonyl (C=O) groups is 1. The average molecular weight is 392 g/mol. The normalized spacial score (nSPS) is 29.4. The molecule has 0 saturated carbocycles. The van der Waals surface area contributed by atoms with Crippen LogP contribution in [0.1, 0.15) is 45.2 Å². The smallest absolute Gasteiger partial charge is 0.236 e. The Hall–Kier alpha value is -1.44. The third-order valence-electron chi connectivity index (χ3n) is 6.06. The molecule has 0 bridgehead atoms. The zero-order valence-electron chi connectivity index (χ0n) is 18.2. The van der Waals surface area contributed by atoms with E-state index in [1.165, 1.54) is 18.4 Å². The number of ether oxygens (including phenoxy) is 1. The number of piperidine rings is 1. The number of carbonyl (C=O) groups excluding carboxylic acids is 1. The van der Waals surface area contributed by atoms with Gasteiger partial charge in [-0.2, -0.15) is 5.10 Å². The van der Waals surface area contributed by atoms with E-state index in [2.05, 4.69) is 35.1 Å². The van der Waals surface area contributed by atoms with Gasteiger partial charge in [-0.15, -0.1) is 0 Å². The molecule has 1 amide bonds. The molecule has 0 unspecified atom stereocenters. The van der Waals surface area contributed by atoms with Crippen molar-refractivity contribution in [2.45, 2.75) is 51.9 Å². The Bertz CT molecular complexity index is 638. The van der Waals surface area contributed by atoms with Gasteiger partial charge < -0.3 is 9.64 Å². The maximum atomic E-state index is 12.8. The highest BCUT2D eigenvalue weighted by Gasteiger charge is 2.34. The van der Waals surface area contributed by atoms with E-state index in [0.29, 0.717) is 31.6 Å². The van der Waals surface area contributed by atoms with Crippen LogP contribution < -0.4 is 0 Å². The molecular formula is C21H37N5O2. The Morgan fingerprint density at radius 1 is 1.32 bits per heavy atom. The molecule has 7 nitrogen and oxygen atoms in total. The zero-order chi connectivity index (χ0) is 20.3. The monoisotopic (exact) mass is 391 g/mol. The minimum atomic E-state index is 0.115. The fourth-order valence-corrected chi connectivity index (χ4v) is 4.95. The molecule has 0 radical (unpaired) electrons. The maximum Gasteiger partial charge on any atom is 0.236 e. The number of morpholine rings is 1. The molecule has 2 fully saturated rings. The van der Waals surface area contributed by atoms with Gasteiger partial charge in [-0.25, -0.2) is 0 Å². The van der Waals surface area contributed by atoms with Crippen LogP contribution in [0, 0.1) is 5.92 Å². The van der Waals surface area contributed by atoms with Crippen LogP contribution in [0.15, 0.2) is 12.4 Å². The standard InChI is InChI=1S/C21H37N5O2/c1-6-25-9-7-8-18(21(25)19-10-22-24(5)14-19)13-23(4)15-20(27)26-11-16(2)28-17(3)12-26/h10,14,16-18,21H,6-9,11-13,15H2,1-5H3/t16-,17-,18-,21+/m0/s1. The summed E-state index contributed by atoms with van der Waals surface area (Å²) in [6.45, 7) is 11.3. The average Bonchev–Trinajstić information content (AvgIpc) is 3.06. The second-order valence-electron chi connectivity index (χ2n) is 8.68. The fourth-order valence-electron chi connectivity index (χ4n) is 4.95. The molecule has 2 aliphatic rings. The molecule has 0 N–H and O–H groups in total. The summed E-state index contributed by atoms with van der Waals surface area (Å²) < 4.78 is 7.65. The van der Waals surface area contributed by atoms with Crippen LogP contribution in [0.25, 0.3) is 0 Å². The first-order valence-corrected chi connectivity index (χ1v) is 10.7. The highest BCUT2D eigenvalue weighted by Crippen LogP contribution is 2.36. The fraction of sp³-hybridized carbons (Fsp3) is 0.810. The van der Waals surface area contributed by atoms with E-state index in [1.54, 1.807) is 0 Å². The van der Waals surface area contributed by atoms with Crippen LogP contribution in [0.2, 0.25) is 0 Å². The van der Waals surface area contributed by atoms with Crippen molar-refractivity contribution in [3.8, 4) is 0 Å². The second kappa shape index (κ2) is 9.37. The van der Waals surface area contributed by atoms with Crippen molar-refractivity contribution in [3.05, 3.63) is 18.0 Å². The van der Waals surface area contributed by atoms with E-state index in [4.69, 9.17) is 4.74 Å². The molecule has 0 aromatic carbocycles. The van der Waals surface area contributed by atoms with Crippen LogP contribution in [0.5, 0.6) is 0 Å². The Morgan fingerprint density at radius 2 is 2.04 bits per heavy atom. The van der Waals surface area contributed by atoms with Crippen LogP contribution in [0.3, 0.4) is 0 Å². The minimum Gasteiger partial charge on any atom is -0.372 e. The third kappa shape index (κ3) is 5.13. The van der Waals surface area contributed by atoms with Gasteiger partial charge in [0.15, 0.2) is 0 Å². The molecule has 2 saturated heterocycles. The quantitative estimate of drug-likeness (QED) is 0.740. The molecule has 28 heavy (non-hydrogen) atoms. The van der Waals surface area contributed by atoms with E-state index in [0.717, 1.165) is 19.6 Å². The lowest BCUT2D eigenvalue weighted by atomic mass is 9.85. The van der Waals surface area contributed by atoms with Crippen LogP contribution >= 0.6 is 0 Å². The molecule has 3 rings (SSSR count). The number of aromatic nitrogens is 2. The number of hydrogen-bond donors (Lipinski definition) is 0. The molecular weight excluding hydrogens is 354 g/mol. The molecule has 1 aromatic rings. The summed E-state index contributed by atoms with van der Waals surface area (Å²) in [6, 6.07) is 0.383. The summed E-state index contributed by atoms with van der Waals surface area (Å²) in [6.07, 6.45) is 6.80. The lowest BCUT2D eigenvalue weighted by Crippen LogP contribution is -2.51. The highest BCUT2D eigenvalue weighted by molar-refractivity contribution is 5.78. The van der Waals surface area contributed by atoms with Gasteiger partial charge in [-0.05, 0) is 52.7 Å². The van der Waals surface area contributed by atoms with Crippen LogP contribution in [-0.2, 0) is 16.6 Å². The Kier molecular flexibility index (Phi) is 7.12. The highest BCUT2D eigenvalue weighted by atomic mass is 16.5. The van der Waals surface area contributed by atoms with Crippen molar-refractivity contribution in [1.82, 2.24) is 24.5 Å². The van der Waals surface area contributed by atoms with E-state index >= 15 is 0 Å². The van der Waals surface area contributed by atoms with Gasteiger partial charge >= 0.3 is 0 Å². The summed E-state index contributed by atoms with van der Waals surface area (Å²) in [4.78, 5) is 19.6. The third-order valence-corrected chi connectivity index (χ3v) is 6.06. The Labute approximate surface area is 169 Å². The Balaban J connectivity index is 1.62. The molecule has 3 heterocycles. The predicted octanol–water partition coefficient (Wildman–Crippen LogP) is 1.76. The summed E-state index contributed by atoms with van der Waals surface area (Å²) in [5.74, 6) is 0.726. The predicted molar refractivity (Wildman–Crippen MR) is 110 cm³/mol. The van der Waals surface area contributed by atoms with Crippen LogP contribution in [0.4, 0.5) is 0 Å². The van der Waals surface area contributed by atoms with Gasteiger partial charge in [0, 0.05) is 44.5 Å². The van der Waals surface area contributed by atoms with E-state index in [-0.39, 0.29) is 18.1 Å². The van der Waals surface area contributed by atoms with Gasteiger partial charge in [-0.1, -0.05) is 6.92 Å².